The van der Waals surface area contributed by atoms with Gasteiger partial charge in [-0.3, -0.25) is 4.99 Å². The fraction of sp³-hybridized carbons (Fsp3) is 0.588. The van der Waals surface area contributed by atoms with Gasteiger partial charge in [0.15, 0.2) is 17.5 Å². The number of hydrogen-bond donors (Lipinski definition) is 2. The molecule has 2 N–H and O–H groups in total. The van der Waals surface area contributed by atoms with Crippen LogP contribution in [0.5, 0.6) is 17.2 Å². The van der Waals surface area contributed by atoms with Gasteiger partial charge in [-0.25, -0.2) is 0 Å². The first-order chi connectivity index (χ1) is 11.1. The predicted molar refractivity (Wildman–Crippen MR) is 94.1 cm³/mol. The Kier molecular flexibility index (Phi) is 8.08. The van der Waals surface area contributed by atoms with Gasteiger partial charge in [-0.15, -0.1) is 0 Å². The van der Waals surface area contributed by atoms with Crippen molar-refractivity contribution in [3.8, 4) is 17.2 Å². The Morgan fingerprint density at radius 3 is 2.35 bits per heavy atom. The summed E-state index contributed by atoms with van der Waals surface area (Å²) in [7, 11) is 6.63. The Balaban J connectivity index is 2.74. The Morgan fingerprint density at radius 1 is 1.13 bits per heavy atom. The van der Waals surface area contributed by atoms with Crippen LogP contribution in [0.2, 0.25) is 0 Å². The van der Waals surface area contributed by atoms with E-state index in [1.54, 1.807) is 28.4 Å². The first-order valence-electron chi connectivity index (χ1n) is 7.86. The minimum atomic E-state index is 0.386. The Morgan fingerprint density at radius 2 is 1.83 bits per heavy atom. The lowest BCUT2D eigenvalue weighted by Crippen LogP contribution is -2.42. The minimum Gasteiger partial charge on any atom is -0.493 e. The summed E-state index contributed by atoms with van der Waals surface area (Å²) in [5, 5.41) is 6.65. The topological polar surface area (TPSA) is 64.1 Å². The van der Waals surface area contributed by atoms with Gasteiger partial charge < -0.3 is 24.8 Å². The highest BCUT2D eigenvalue weighted by atomic mass is 16.5. The van der Waals surface area contributed by atoms with Crippen LogP contribution in [-0.2, 0) is 6.42 Å². The summed E-state index contributed by atoms with van der Waals surface area (Å²) in [4.78, 5) is 4.23. The van der Waals surface area contributed by atoms with Gasteiger partial charge in [0.2, 0.25) is 5.75 Å². The summed E-state index contributed by atoms with van der Waals surface area (Å²) >= 11 is 0. The van der Waals surface area contributed by atoms with Crippen LogP contribution in [0, 0.1) is 0 Å². The molecule has 1 atom stereocenters. The molecule has 0 amide bonds. The molecule has 0 heterocycles. The van der Waals surface area contributed by atoms with Crippen molar-refractivity contribution >= 4 is 5.96 Å². The Hall–Kier alpha value is -2.11. The van der Waals surface area contributed by atoms with Crippen molar-refractivity contribution in [3.05, 3.63) is 17.7 Å². The number of benzene rings is 1. The number of nitrogens with one attached hydrogen (secondary N) is 2. The number of rotatable bonds is 8. The average Bonchev–Trinajstić information content (AvgIpc) is 2.59. The smallest absolute Gasteiger partial charge is 0.203 e. The Labute approximate surface area is 139 Å². The summed E-state index contributed by atoms with van der Waals surface area (Å²) in [5.74, 6) is 2.79. The average molecular weight is 323 g/mol. The molecule has 0 bridgehead atoms. The molecule has 0 radical (unpaired) electrons. The zero-order valence-electron chi connectivity index (χ0n) is 15.0. The van der Waals surface area contributed by atoms with Gasteiger partial charge in [0.1, 0.15) is 0 Å². The van der Waals surface area contributed by atoms with Crippen molar-refractivity contribution in [2.24, 2.45) is 4.99 Å². The number of guanidine groups is 1. The van der Waals surface area contributed by atoms with E-state index >= 15 is 0 Å². The van der Waals surface area contributed by atoms with E-state index in [1.807, 2.05) is 12.1 Å². The molecule has 0 aliphatic rings. The highest BCUT2D eigenvalue weighted by Crippen LogP contribution is 2.39. The predicted octanol–water partition coefficient (Wildman–Crippen LogP) is 2.22. The molecular weight excluding hydrogens is 294 g/mol. The number of methoxy groups -OCH3 is 3. The maximum absolute atomic E-state index is 5.50. The summed E-state index contributed by atoms with van der Waals surface area (Å²) in [6.07, 6.45) is 1.83. The van der Waals surface area contributed by atoms with E-state index in [1.165, 1.54) is 0 Å². The molecule has 0 spiro atoms. The third-order valence-electron chi connectivity index (χ3n) is 3.69. The molecule has 1 unspecified atom stereocenters. The van der Waals surface area contributed by atoms with Gasteiger partial charge in [0.25, 0.3) is 0 Å². The van der Waals surface area contributed by atoms with Crippen LogP contribution in [0.25, 0.3) is 0 Å². The maximum Gasteiger partial charge on any atom is 0.203 e. The van der Waals surface area contributed by atoms with Gasteiger partial charge in [-0.2, -0.15) is 0 Å². The SMILES string of the molecule is CCC(C)NC(=NC)NCCc1ccc(OC)c(OC)c1OC. The molecule has 23 heavy (non-hydrogen) atoms. The fourth-order valence-corrected chi connectivity index (χ4v) is 2.21. The minimum absolute atomic E-state index is 0.386. The van der Waals surface area contributed by atoms with Crippen LogP contribution in [0.4, 0.5) is 0 Å². The molecule has 1 rings (SSSR count). The first-order valence-corrected chi connectivity index (χ1v) is 7.86. The molecule has 1 aromatic rings. The normalized spacial score (nSPS) is 12.5. The molecular formula is C17H29N3O3. The molecule has 0 fully saturated rings. The molecule has 0 aromatic heterocycles. The third-order valence-corrected chi connectivity index (χ3v) is 3.69. The van der Waals surface area contributed by atoms with E-state index in [0.717, 1.165) is 30.9 Å². The summed E-state index contributed by atoms with van der Waals surface area (Å²) in [5.41, 5.74) is 1.05. The van der Waals surface area contributed by atoms with Crippen LogP contribution in [0.3, 0.4) is 0 Å². The first kappa shape index (κ1) is 18.9. The lowest BCUT2D eigenvalue weighted by atomic mass is 10.1. The van der Waals surface area contributed by atoms with Crippen molar-refractivity contribution in [1.82, 2.24) is 10.6 Å². The van der Waals surface area contributed by atoms with Crippen molar-refractivity contribution in [1.29, 1.82) is 0 Å². The second-order valence-electron chi connectivity index (χ2n) is 5.20. The van der Waals surface area contributed by atoms with Gasteiger partial charge in [0, 0.05) is 25.2 Å². The van der Waals surface area contributed by atoms with Crippen LogP contribution in [0.1, 0.15) is 25.8 Å². The third kappa shape index (κ3) is 5.23. The van der Waals surface area contributed by atoms with E-state index < -0.39 is 0 Å². The van der Waals surface area contributed by atoms with Crippen LogP contribution >= 0.6 is 0 Å². The quantitative estimate of drug-likeness (QED) is 0.567. The van der Waals surface area contributed by atoms with Crippen molar-refractivity contribution < 1.29 is 14.2 Å². The largest absolute Gasteiger partial charge is 0.493 e. The van der Waals surface area contributed by atoms with E-state index in [4.69, 9.17) is 14.2 Å². The molecule has 130 valence electrons. The number of nitrogens with zero attached hydrogens (tertiary/aromatic N) is 1. The van der Waals surface area contributed by atoms with Gasteiger partial charge >= 0.3 is 0 Å². The zero-order valence-corrected chi connectivity index (χ0v) is 15.0. The standard InChI is InChI=1S/C17H29N3O3/c1-7-12(2)20-17(18-3)19-11-10-13-8-9-14(21-4)16(23-6)15(13)22-5/h8-9,12H,7,10-11H2,1-6H3,(H2,18,19,20). The van der Waals surface area contributed by atoms with Crippen molar-refractivity contribution in [3.63, 3.8) is 0 Å². The monoisotopic (exact) mass is 323 g/mol. The van der Waals surface area contributed by atoms with Gasteiger partial charge in [0.05, 0.1) is 21.3 Å². The van der Waals surface area contributed by atoms with Gasteiger partial charge in [-0.1, -0.05) is 13.0 Å². The van der Waals surface area contributed by atoms with Gasteiger partial charge in [-0.05, 0) is 25.8 Å². The maximum atomic E-state index is 5.50. The van der Waals surface area contributed by atoms with E-state index in [9.17, 15) is 0 Å². The Bertz CT molecular complexity index is 518. The lowest BCUT2D eigenvalue weighted by molar-refractivity contribution is 0.322. The van der Waals surface area contributed by atoms with E-state index in [2.05, 4.69) is 29.5 Å². The second kappa shape index (κ2) is 9.82. The highest BCUT2D eigenvalue weighted by molar-refractivity contribution is 5.79. The molecule has 0 saturated carbocycles. The number of aliphatic imine (C=N–C) groups is 1. The number of hydrogen-bond acceptors (Lipinski definition) is 4. The summed E-state index contributed by atoms with van der Waals surface area (Å²) in [6.45, 7) is 5.01. The second-order valence-corrected chi connectivity index (χ2v) is 5.20. The molecule has 6 heteroatoms. The highest BCUT2D eigenvalue weighted by Gasteiger charge is 2.15. The van der Waals surface area contributed by atoms with E-state index in [-0.39, 0.29) is 0 Å². The van der Waals surface area contributed by atoms with Crippen LogP contribution in [-0.4, -0.2) is 46.9 Å². The zero-order chi connectivity index (χ0) is 17.2. The molecule has 0 aliphatic heterocycles. The summed E-state index contributed by atoms with van der Waals surface area (Å²) < 4.78 is 16.2. The molecule has 0 aliphatic carbocycles. The van der Waals surface area contributed by atoms with Crippen molar-refractivity contribution in [2.75, 3.05) is 34.9 Å². The molecule has 0 saturated heterocycles. The number of ether oxygens (including phenoxy) is 3. The summed E-state index contributed by atoms with van der Waals surface area (Å²) in [6, 6.07) is 4.27. The van der Waals surface area contributed by atoms with E-state index in [0.29, 0.717) is 23.3 Å². The lowest BCUT2D eigenvalue weighted by Gasteiger charge is -2.18. The molecule has 6 nitrogen and oxygen atoms in total. The fourth-order valence-electron chi connectivity index (χ4n) is 2.21. The van der Waals surface area contributed by atoms with Crippen LogP contribution < -0.4 is 24.8 Å². The van der Waals surface area contributed by atoms with Crippen molar-refractivity contribution in [2.45, 2.75) is 32.7 Å². The molecule has 1 aromatic carbocycles. The van der Waals surface area contributed by atoms with Crippen LogP contribution in [0.15, 0.2) is 17.1 Å².